The SMILES string of the molecule is C=CC(=O)OCCSc1ccc(C#Cc2ccc(OCc3ccc(C#Cc4ccc(COc5ccc(C#Cc6ccc(SCCOC(=O)C=C)cc6)cc5F)cc4)cc3)c(F)c2)cc1. The average Bonchev–Trinajstić information content (AvgIpc) is 3.32. The van der Waals surface area contributed by atoms with Crippen LogP contribution in [0.2, 0.25) is 0 Å². The number of carbonyl (C=O) groups excluding carboxylic acids is 2. The van der Waals surface area contributed by atoms with Gasteiger partial charge in [-0.1, -0.05) is 72.9 Å². The quantitative estimate of drug-likeness (QED) is 0.0313. The molecule has 0 saturated heterocycles. The highest BCUT2D eigenvalue weighted by atomic mass is 32.2. The van der Waals surface area contributed by atoms with E-state index in [2.05, 4.69) is 48.7 Å². The number of hydrogen-bond donors (Lipinski definition) is 0. The van der Waals surface area contributed by atoms with Gasteiger partial charge in [0.1, 0.15) is 26.4 Å². The third kappa shape index (κ3) is 15.2. The van der Waals surface area contributed by atoms with Gasteiger partial charge >= 0.3 is 11.9 Å². The number of hydrogen-bond acceptors (Lipinski definition) is 8. The lowest BCUT2D eigenvalue weighted by molar-refractivity contribution is -0.138. The minimum atomic E-state index is -0.502. The zero-order valence-electron chi connectivity index (χ0n) is 34.5. The van der Waals surface area contributed by atoms with E-state index in [0.717, 1.165) is 55.3 Å². The van der Waals surface area contributed by atoms with Crippen LogP contribution in [0.3, 0.4) is 0 Å². The molecule has 6 aromatic rings. The predicted molar refractivity (Wildman–Crippen MR) is 249 cm³/mol. The number of benzene rings is 6. The van der Waals surface area contributed by atoms with E-state index in [9.17, 15) is 18.4 Å². The van der Waals surface area contributed by atoms with Crippen molar-refractivity contribution in [3.05, 3.63) is 215 Å². The van der Waals surface area contributed by atoms with E-state index in [4.69, 9.17) is 18.9 Å². The van der Waals surface area contributed by atoms with Crippen molar-refractivity contribution < 1.29 is 37.3 Å². The average molecular weight is 887 g/mol. The molecule has 0 fully saturated rings. The van der Waals surface area contributed by atoms with Gasteiger partial charge in [0, 0.05) is 66.8 Å². The molecule has 6 rings (SSSR count). The van der Waals surface area contributed by atoms with E-state index < -0.39 is 23.6 Å². The van der Waals surface area contributed by atoms with Gasteiger partial charge in [-0.2, -0.15) is 0 Å². The second-order valence-electron chi connectivity index (χ2n) is 13.5. The molecule has 0 atom stereocenters. The molecule has 10 heteroatoms. The number of halogens is 2. The van der Waals surface area contributed by atoms with Crippen molar-refractivity contribution in [2.24, 2.45) is 0 Å². The van der Waals surface area contributed by atoms with Gasteiger partial charge in [-0.3, -0.25) is 0 Å². The summed E-state index contributed by atoms with van der Waals surface area (Å²) in [6.07, 6.45) is 2.28. The Kier molecular flexibility index (Phi) is 17.5. The second-order valence-corrected chi connectivity index (χ2v) is 15.8. The molecule has 0 amide bonds. The standard InChI is InChI=1S/C54H40F2O6S2/c1-3-53(57)59-31-33-63-47-25-19-41(20-26-47)7-13-43-23-29-51(49(55)35-43)61-37-45-15-9-39(10-16-45)5-6-40-11-17-46(18-12-40)38-62-52-30-24-44(36-50(52)56)14-8-42-21-27-48(28-22-42)64-34-32-60-54(58)4-2/h3-4,9-12,15-30,35-36H,1-2,31-34,37-38H2. The maximum absolute atomic E-state index is 14.9. The van der Waals surface area contributed by atoms with Crippen molar-refractivity contribution in [2.45, 2.75) is 23.0 Å². The first kappa shape index (κ1) is 46.1. The maximum Gasteiger partial charge on any atom is 0.330 e. The Morgan fingerprint density at radius 2 is 0.781 bits per heavy atom. The van der Waals surface area contributed by atoms with Crippen molar-refractivity contribution in [3.63, 3.8) is 0 Å². The van der Waals surface area contributed by atoms with Crippen molar-refractivity contribution in [3.8, 4) is 47.0 Å². The Morgan fingerprint density at radius 1 is 0.469 bits per heavy atom. The summed E-state index contributed by atoms with van der Waals surface area (Å²) < 4.78 is 51.3. The van der Waals surface area contributed by atoms with Crippen LogP contribution in [0.25, 0.3) is 0 Å². The Hall–Kier alpha value is -7.42. The molecule has 0 radical (unpaired) electrons. The van der Waals surface area contributed by atoms with Crippen LogP contribution in [-0.2, 0) is 32.3 Å². The summed E-state index contributed by atoms with van der Waals surface area (Å²) in [6, 6.07) is 39.7. The first-order valence-corrected chi connectivity index (χ1v) is 21.8. The molecular weight excluding hydrogens is 847 g/mol. The summed E-state index contributed by atoms with van der Waals surface area (Å²) >= 11 is 3.12. The molecule has 0 aliphatic rings. The zero-order valence-corrected chi connectivity index (χ0v) is 36.2. The van der Waals surface area contributed by atoms with Gasteiger partial charge in [0.2, 0.25) is 0 Å². The minimum absolute atomic E-state index is 0.131. The van der Waals surface area contributed by atoms with Crippen LogP contribution in [0.5, 0.6) is 11.5 Å². The summed E-state index contributed by atoms with van der Waals surface area (Å²) in [5.41, 5.74) is 5.96. The fourth-order valence-electron chi connectivity index (χ4n) is 5.51. The molecule has 0 aliphatic heterocycles. The number of esters is 2. The fraction of sp³-hybridized carbons (Fsp3) is 0.111. The molecule has 0 unspecified atom stereocenters. The lowest BCUT2D eigenvalue weighted by Gasteiger charge is -2.08. The minimum Gasteiger partial charge on any atom is -0.486 e. The van der Waals surface area contributed by atoms with Crippen molar-refractivity contribution in [1.29, 1.82) is 0 Å². The third-order valence-electron chi connectivity index (χ3n) is 8.85. The van der Waals surface area contributed by atoms with Crippen LogP contribution in [0.4, 0.5) is 8.78 Å². The topological polar surface area (TPSA) is 71.1 Å². The molecule has 0 N–H and O–H groups in total. The van der Waals surface area contributed by atoms with Gasteiger partial charge in [-0.25, -0.2) is 18.4 Å². The molecule has 0 heterocycles. The Bertz CT molecular complexity index is 2580. The van der Waals surface area contributed by atoms with Gasteiger partial charge in [-0.05, 0) is 120 Å². The molecule has 0 aromatic heterocycles. The summed E-state index contributed by atoms with van der Waals surface area (Å²) in [5.74, 6) is 18.0. The largest absolute Gasteiger partial charge is 0.486 e. The first-order chi connectivity index (χ1) is 31.2. The van der Waals surface area contributed by atoms with Crippen molar-refractivity contribution >= 4 is 35.5 Å². The van der Waals surface area contributed by atoms with Gasteiger partial charge in [-0.15, -0.1) is 23.5 Å². The van der Waals surface area contributed by atoms with Crippen LogP contribution in [0.1, 0.15) is 44.5 Å². The highest BCUT2D eigenvalue weighted by molar-refractivity contribution is 7.99. The molecule has 318 valence electrons. The lowest BCUT2D eigenvalue weighted by Crippen LogP contribution is -2.03. The van der Waals surface area contributed by atoms with E-state index >= 15 is 0 Å². The molecule has 64 heavy (non-hydrogen) atoms. The molecule has 0 bridgehead atoms. The Balaban J connectivity index is 0.918. The normalized spacial score (nSPS) is 10.1. The van der Waals surface area contributed by atoms with Crippen LogP contribution < -0.4 is 9.47 Å². The number of rotatable bonds is 16. The van der Waals surface area contributed by atoms with Crippen molar-refractivity contribution in [1.82, 2.24) is 0 Å². The monoisotopic (exact) mass is 886 g/mol. The van der Waals surface area contributed by atoms with E-state index in [1.807, 2.05) is 97.1 Å². The second kappa shape index (κ2) is 24.3. The molecule has 0 aliphatic carbocycles. The molecule has 6 aromatic carbocycles. The lowest BCUT2D eigenvalue weighted by atomic mass is 10.1. The smallest absolute Gasteiger partial charge is 0.330 e. The van der Waals surface area contributed by atoms with Gasteiger partial charge in [0.15, 0.2) is 23.1 Å². The number of thioether (sulfide) groups is 2. The summed E-state index contributed by atoms with van der Waals surface area (Å²) in [7, 11) is 0. The van der Waals surface area contributed by atoms with E-state index in [-0.39, 0.29) is 24.7 Å². The van der Waals surface area contributed by atoms with Crippen LogP contribution in [0, 0.1) is 47.2 Å². The fourth-order valence-corrected chi connectivity index (χ4v) is 6.97. The van der Waals surface area contributed by atoms with Crippen LogP contribution >= 0.6 is 23.5 Å². The van der Waals surface area contributed by atoms with E-state index in [1.54, 1.807) is 47.8 Å². The number of ether oxygens (including phenoxy) is 4. The summed E-state index contributed by atoms with van der Waals surface area (Å²) in [6.45, 7) is 7.70. The van der Waals surface area contributed by atoms with Gasteiger partial charge < -0.3 is 18.9 Å². The molecule has 0 saturated carbocycles. The van der Waals surface area contributed by atoms with Gasteiger partial charge in [0.05, 0.1) is 0 Å². The predicted octanol–water partition coefficient (Wildman–Crippen LogP) is 11.0. The Labute approximate surface area is 380 Å². The Morgan fingerprint density at radius 3 is 1.11 bits per heavy atom. The zero-order chi connectivity index (χ0) is 44.9. The number of carbonyl (C=O) groups is 2. The molecule has 6 nitrogen and oxygen atoms in total. The third-order valence-corrected chi connectivity index (χ3v) is 10.8. The first-order valence-electron chi connectivity index (χ1n) is 19.9. The van der Waals surface area contributed by atoms with E-state index in [0.29, 0.717) is 35.8 Å². The van der Waals surface area contributed by atoms with Crippen LogP contribution in [0.15, 0.2) is 169 Å². The van der Waals surface area contributed by atoms with Crippen LogP contribution in [-0.4, -0.2) is 36.7 Å². The highest BCUT2D eigenvalue weighted by Gasteiger charge is 2.07. The van der Waals surface area contributed by atoms with Gasteiger partial charge in [0.25, 0.3) is 0 Å². The van der Waals surface area contributed by atoms with Crippen molar-refractivity contribution in [2.75, 3.05) is 24.7 Å². The summed E-state index contributed by atoms with van der Waals surface area (Å²) in [5, 5.41) is 0. The molecule has 0 spiro atoms. The summed E-state index contributed by atoms with van der Waals surface area (Å²) in [4.78, 5) is 24.3. The van der Waals surface area contributed by atoms with E-state index in [1.165, 1.54) is 12.1 Å². The maximum atomic E-state index is 14.9. The highest BCUT2D eigenvalue weighted by Crippen LogP contribution is 2.23. The molecular formula is C54H40F2O6S2.